The number of halogens is 2. The lowest BCUT2D eigenvalue weighted by Gasteiger charge is -2.38. The van der Waals surface area contributed by atoms with E-state index in [1.165, 1.54) is 0 Å². The second kappa shape index (κ2) is 9.03. The maximum atomic E-state index is 11.4. The van der Waals surface area contributed by atoms with E-state index in [1.54, 1.807) is 26.4 Å². The molecule has 1 aliphatic heterocycles. The standard InChI is InChI=1S/C21H23Cl2NO4/c1-27-18-5-3-14(22)11-16(18)20(17-12-15(23)4-6-19(17)28-2)24-9-7-13(8-10-24)21(25)26/h3-6,11-13,20H,7-10H2,1-2H3,(H,25,26). The van der Waals surface area contributed by atoms with Gasteiger partial charge < -0.3 is 14.6 Å². The maximum absolute atomic E-state index is 11.4. The lowest BCUT2D eigenvalue weighted by Crippen LogP contribution is -2.39. The summed E-state index contributed by atoms with van der Waals surface area (Å²) in [5.74, 6) is 0.352. The van der Waals surface area contributed by atoms with E-state index in [2.05, 4.69) is 4.90 Å². The van der Waals surface area contributed by atoms with E-state index < -0.39 is 5.97 Å². The minimum absolute atomic E-state index is 0.225. The fourth-order valence-corrected chi connectivity index (χ4v) is 4.16. The second-order valence-corrected chi connectivity index (χ2v) is 7.70. The fourth-order valence-electron chi connectivity index (χ4n) is 3.80. The van der Waals surface area contributed by atoms with Gasteiger partial charge in [0.25, 0.3) is 0 Å². The van der Waals surface area contributed by atoms with Gasteiger partial charge in [0.2, 0.25) is 0 Å². The second-order valence-electron chi connectivity index (χ2n) is 6.82. The van der Waals surface area contributed by atoms with Crippen LogP contribution in [0.25, 0.3) is 0 Å². The van der Waals surface area contributed by atoms with Gasteiger partial charge in [0.1, 0.15) is 11.5 Å². The van der Waals surface area contributed by atoms with Crippen molar-refractivity contribution in [3.05, 3.63) is 57.6 Å². The minimum atomic E-state index is -0.739. The Bertz CT molecular complexity index is 797. The van der Waals surface area contributed by atoms with Crippen molar-refractivity contribution < 1.29 is 19.4 Å². The number of carbonyl (C=O) groups is 1. The van der Waals surface area contributed by atoms with E-state index in [0.717, 1.165) is 11.1 Å². The summed E-state index contributed by atoms with van der Waals surface area (Å²) in [7, 11) is 3.24. The number of piperidine rings is 1. The molecule has 1 fully saturated rings. The van der Waals surface area contributed by atoms with Crippen LogP contribution >= 0.6 is 23.2 Å². The van der Waals surface area contributed by atoms with Crippen LogP contribution in [0.5, 0.6) is 11.5 Å². The summed E-state index contributed by atoms with van der Waals surface area (Å²) in [6.07, 6.45) is 1.16. The summed E-state index contributed by atoms with van der Waals surface area (Å²) in [6.45, 7) is 1.26. The highest BCUT2D eigenvalue weighted by Gasteiger charge is 2.33. The molecule has 0 saturated carbocycles. The predicted molar refractivity (Wildman–Crippen MR) is 110 cm³/mol. The third-order valence-corrected chi connectivity index (χ3v) is 5.69. The molecule has 1 heterocycles. The van der Waals surface area contributed by atoms with Crippen molar-refractivity contribution in [2.45, 2.75) is 18.9 Å². The highest BCUT2D eigenvalue weighted by atomic mass is 35.5. The summed E-state index contributed by atoms with van der Waals surface area (Å²) >= 11 is 12.6. The zero-order valence-corrected chi connectivity index (χ0v) is 17.3. The number of carboxylic acids is 1. The van der Waals surface area contributed by atoms with Crippen LogP contribution in [0.2, 0.25) is 10.0 Å². The first-order valence-electron chi connectivity index (χ1n) is 9.08. The molecule has 2 aromatic carbocycles. The average molecular weight is 424 g/mol. The molecular weight excluding hydrogens is 401 g/mol. The zero-order chi connectivity index (χ0) is 20.3. The fraction of sp³-hybridized carbons (Fsp3) is 0.381. The van der Waals surface area contributed by atoms with Crippen LogP contribution in [0, 0.1) is 5.92 Å². The number of methoxy groups -OCH3 is 2. The number of hydrogen-bond donors (Lipinski definition) is 1. The largest absolute Gasteiger partial charge is 0.496 e. The van der Waals surface area contributed by atoms with Crippen molar-refractivity contribution in [1.82, 2.24) is 4.90 Å². The molecule has 1 saturated heterocycles. The molecule has 0 amide bonds. The molecule has 7 heteroatoms. The molecular formula is C21H23Cl2NO4. The van der Waals surface area contributed by atoms with E-state index >= 15 is 0 Å². The number of nitrogens with zero attached hydrogens (tertiary/aromatic N) is 1. The normalized spacial score (nSPS) is 15.6. The van der Waals surface area contributed by atoms with Gasteiger partial charge >= 0.3 is 5.97 Å². The Kier molecular flexibility index (Phi) is 6.70. The number of aliphatic carboxylic acids is 1. The van der Waals surface area contributed by atoms with Crippen LogP contribution in [0.15, 0.2) is 36.4 Å². The number of benzene rings is 2. The lowest BCUT2D eigenvalue weighted by atomic mass is 9.90. The Balaban J connectivity index is 2.09. The number of hydrogen-bond acceptors (Lipinski definition) is 4. The first-order chi connectivity index (χ1) is 13.4. The van der Waals surface area contributed by atoms with Gasteiger partial charge in [-0.1, -0.05) is 23.2 Å². The quantitative estimate of drug-likeness (QED) is 0.715. The van der Waals surface area contributed by atoms with Gasteiger partial charge in [-0.3, -0.25) is 9.69 Å². The van der Waals surface area contributed by atoms with Crippen LogP contribution in [-0.2, 0) is 4.79 Å². The van der Waals surface area contributed by atoms with E-state index in [-0.39, 0.29) is 12.0 Å². The molecule has 3 rings (SSSR count). The molecule has 1 aliphatic rings. The zero-order valence-electron chi connectivity index (χ0n) is 15.8. The maximum Gasteiger partial charge on any atom is 0.306 e. The van der Waals surface area contributed by atoms with Gasteiger partial charge in [-0.2, -0.15) is 0 Å². The Labute approximate surface area is 174 Å². The average Bonchev–Trinajstić information content (AvgIpc) is 2.69. The minimum Gasteiger partial charge on any atom is -0.496 e. The van der Waals surface area contributed by atoms with Crippen molar-refractivity contribution in [3.63, 3.8) is 0 Å². The third-order valence-electron chi connectivity index (χ3n) is 5.22. The Morgan fingerprint density at radius 2 is 1.46 bits per heavy atom. The van der Waals surface area contributed by atoms with Gasteiger partial charge in [0.15, 0.2) is 0 Å². The molecule has 28 heavy (non-hydrogen) atoms. The van der Waals surface area contributed by atoms with Crippen LogP contribution < -0.4 is 9.47 Å². The van der Waals surface area contributed by atoms with E-state index in [4.69, 9.17) is 32.7 Å². The SMILES string of the molecule is COc1ccc(Cl)cc1C(c1cc(Cl)ccc1OC)N1CCC(C(=O)O)CC1. The number of likely N-dealkylation sites (tertiary alicyclic amines) is 1. The summed E-state index contributed by atoms with van der Waals surface area (Å²) in [4.78, 5) is 13.6. The van der Waals surface area contributed by atoms with Gasteiger partial charge in [-0.15, -0.1) is 0 Å². The van der Waals surface area contributed by atoms with Crippen LogP contribution in [-0.4, -0.2) is 43.3 Å². The molecule has 1 N–H and O–H groups in total. The van der Waals surface area contributed by atoms with E-state index in [1.807, 2.05) is 24.3 Å². The third kappa shape index (κ3) is 4.37. The van der Waals surface area contributed by atoms with Gasteiger partial charge in [0.05, 0.1) is 26.2 Å². The molecule has 0 unspecified atom stereocenters. The van der Waals surface area contributed by atoms with Gasteiger partial charge in [-0.25, -0.2) is 0 Å². The summed E-state index contributed by atoms with van der Waals surface area (Å²) in [5, 5.41) is 10.5. The monoisotopic (exact) mass is 423 g/mol. The molecule has 2 aromatic rings. The Hall–Kier alpha value is -1.95. The van der Waals surface area contributed by atoms with Crippen LogP contribution in [0.3, 0.4) is 0 Å². The van der Waals surface area contributed by atoms with E-state index in [0.29, 0.717) is 47.5 Å². The number of rotatable bonds is 6. The highest BCUT2D eigenvalue weighted by Crippen LogP contribution is 2.42. The smallest absolute Gasteiger partial charge is 0.306 e. The molecule has 5 nitrogen and oxygen atoms in total. The summed E-state index contributed by atoms with van der Waals surface area (Å²) in [6, 6.07) is 10.8. The lowest BCUT2D eigenvalue weighted by molar-refractivity contribution is -0.143. The molecule has 0 aromatic heterocycles. The number of ether oxygens (including phenoxy) is 2. The van der Waals surface area contributed by atoms with Crippen molar-refractivity contribution in [2.24, 2.45) is 5.92 Å². The molecule has 0 atom stereocenters. The van der Waals surface area contributed by atoms with Crippen LogP contribution in [0.1, 0.15) is 30.0 Å². The molecule has 0 aliphatic carbocycles. The first-order valence-corrected chi connectivity index (χ1v) is 9.84. The molecule has 0 spiro atoms. The molecule has 150 valence electrons. The topological polar surface area (TPSA) is 59.0 Å². The van der Waals surface area contributed by atoms with Crippen molar-refractivity contribution in [2.75, 3.05) is 27.3 Å². The number of carboxylic acid groups (broad SMARTS) is 1. The Morgan fingerprint density at radius 3 is 1.86 bits per heavy atom. The Morgan fingerprint density at radius 1 is 1.00 bits per heavy atom. The van der Waals surface area contributed by atoms with Crippen molar-refractivity contribution >= 4 is 29.2 Å². The predicted octanol–water partition coefficient (Wildman–Crippen LogP) is 4.90. The van der Waals surface area contributed by atoms with Gasteiger partial charge in [0, 0.05) is 21.2 Å². The van der Waals surface area contributed by atoms with Crippen molar-refractivity contribution in [3.8, 4) is 11.5 Å². The van der Waals surface area contributed by atoms with Crippen molar-refractivity contribution in [1.29, 1.82) is 0 Å². The molecule has 0 bridgehead atoms. The van der Waals surface area contributed by atoms with Crippen LogP contribution in [0.4, 0.5) is 0 Å². The van der Waals surface area contributed by atoms with Gasteiger partial charge in [-0.05, 0) is 62.3 Å². The molecule has 0 radical (unpaired) electrons. The van der Waals surface area contributed by atoms with E-state index in [9.17, 15) is 9.90 Å². The summed E-state index contributed by atoms with van der Waals surface area (Å²) < 4.78 is 11.2. The highest BCUT2D eigenvalue weighted by molar-refractivity contribution is 6.31. The summed E-state index contributed by atoms with van der Waals surface area (Å²) in [5.41, 5.74) is 1.79. The first kappa shape index (κ1) is 20.8.